The van der Waals surface area contributed by atoms with Crippen LogP contribution in [0.1, 0.15) is 25.8 Å². The third-order valence-corrected chi connectivity index (χ3v) is 6.03. The molecular formula is C22H18N2OS. The first kappa shape index (κ1) is 15.5. The van der Waals surface area contributed by atoms with Crippen LogP contribution in [0.15, 0.2) is 59.1 Å². The van der Waals surface area contributed by atoms with E-state index in [1.165, 1.54) is 4.70 Å². The number of benzene rings is 2. The molecule has 0 radical (unpaired) electrons. The fraction of sp³-hybridized carbons (Fsp3) is 0.182. The summed E-state index contributed by atoms with van der Waals surface area (Å²) >= 11 is 1.77. The average molecular weight is 358 g/mol. The van der Waals surface area contributed by atoms with E-state index in [0.29, 0.717) is 0 Å². The van der Waals surface area contributed by atoms with Gasteiger partial charge in [-0.15, -0.1) is 11.3 Å². The van der Waals surface area contributed by atoms with E-state index in [1.54, 1.807) is 11.3 Å². The van der Waals surface area contributed by atoms with Crippen molar-refractivity contribution in [2.45, 2.75) is 26.2 Å². The second-order valence-electron chi connectivity index (χ2n) is 7.58. The number of thiazole rings is 1. The summed E-state index contributed by atoms with van der Waals surface area (Å²) in [5, 5.41) is 3.41. The van der Waals surface area contributed by atoms with E-state index in [9.17, 15) is 0 Å². The zero-order valence-electron chi connectivity index (χ0n) is 14.9. The molecule has 26 heavy (non-hydrogen) atoms. The maximum absolute atomic E-state index is 6.27. The molecule has 0 spiro atoms. The highest BCUT2D eigenvalue weighted by Crippen LogP contribution is 2.39. The van der Waals surface area contributed by atoms with Gasteiger partial charge in [0.1, 0.15) is 11.2 Å². The van der Waals surface area contributed by atoms with Crippen molar-refractivity contribution in [2.24, 2.45) is 0 Å². The normalized spacial score (nSPS) is 12.4. The number of furan rings is 1. The second-order valence-corrected chi connectivity index (χ2v) is 8.62. The van der Waals surface area contributed by atoms with E-state index in [1.807, 2.05) is 24.4 Å². The third kappa shape index (κ3) is 2.33. The molecule has 2 aromatic carbocycles. The van der Waals surface area contributed by atoms with Gasteiger partial charge in [-0.1, -0.05) is 39.0 Å². The molecule has 0 fully saturated rings. The quantitative estimate of drug-likeness (QED) is 0.341. The number of rotatable bonds is 1. The van der Waals surface area contributed by atoms with Gasteiger partial charge in [0, 0.05) is 34.0 Å². The number of aromatic nitrogens is 2. The number of fused-ring (bicyclic) bond motifs is 4. The summed E-state index contributed by atoms with van der Waals surface area (Å²) in [7, 11) is 0. The first-order valence-electron chi connectivity index (χ1n) is 8.68. The Labute approximate surface area is 155 Å². The number of nitrogens with zero attached hydrogens (tertiary/aromatic N) is 2. The van der Waals surface area contributed by atoms with E-state index in [4.69, 9.17) is 9.40 Å². The maximum atomic E-state index is 6.27. The van der Waals surface area contributed by atoms with Crippen molar-refractivity contribution >= 4 is 43.5 Å². The predicted octanol–water partition coefficient (Wildman–Crippen LogP) is 6.56. The van der Waals surface area contributed by atoms with Crippen molar-refractivity contribution in [1.29, 1.82) is 0 Å². The Morgan fingerprint density at radius 3 is 2.62 bits per heavy atom. The first-order valence-corrected chi connectivity index (χ1v) is 9.50. The molecule has 0 amide bonds. The van der Waals surface area contributed by atoms with Crippen LogP contribution in [0.2, 0.25) is 0 Å². The first-order chi connectivity index (χ1) is 12.5. The van der Waals surface area contributed by atoms with Crippen LogP contribution in [0.4, 0.5) is 0 Å². The smallest absolute Gasteiger partial charge is 0.144 e. The zero-order chi connectivity index (χ0) is 17.9. The molecule has 0 atom stereocenters. The van der Waals surface area contributed by atoms with Gasteiger partial charge in [-0.2, -0.15) is 0 Å². The molecule has 4 heteroatoms. The maximum Gasteiger partial charge on any atom is 0.144 e. The molecule has 3 nitrogen and oxygen atoms in total. The van der Waals surface area contributed by atoms with Crippen molar-refractivity contribution < 1.29 is 4.42 Å². The molecule has 5 aromatic rings. The highest BCUT2D eigenvalue weighted by atomic mass is 32.1. The molecule has 3 heterocycles. The molecule has 0 unspecified atom stereocenters. The van der Waals surface area contributed by atoms with Gasteiger partial charge >= 0.3 is 0 Å². The summed E-state index contributed by atoms with van der Waals surface area (Å²) in [5.41, 5.74) is 4.76. The van der Waals surface area contributed by atoms with Crippen molar-refractivity contribution in [3.8, 4) is 11.3 Å². The monoisotopic (exact) mass is 358 g/mol. The fourth-order valence-corrected chi connectivity index (χ4v) is 4.31. The van der Waals surface area contributed by atoms with E-state index in [2.05, 4.69) is 56.1 Å². The van der Waals surface area contributed by atoms with Crippen molar-refractivity contribution in [1.82, 2.24) is 9.97 Å². The van der Waals surface area contributed by atoms with Gasteiger partial charge in [0.05, 0.1) is 20.9 Å². The lowest BCUT2D eigenvalue weighted by Gasteiger charge is -2.13. The summed E-state index contributed by atoms with van der Waals surface area (Å²) < 4.78 is 7.47. The summed E-state index contributed by atoms with van der Waals surface area (Å²) in [6, 6.07) is 16.5. The van der Waals surface area contributed by atoms with Crippen LogP contribution in [0.25, 0.3) is 43.4 Å². The Balaban J connectivity index is 1.80. The zero-order valence-corrected chi connectivity index (χ0v) is 15.7. The Morgan fingerprint density at radius 2 is 1.85 bits per heavy atom. The minimum atomic E-state index is 0.0546. The molecule has 3 aromatic heterocycles. The molecule has 0 aliphatic carbocycles. The van der Waals surface area contributed by atoms with E-state index in [0.717, 1.165) is 43.7 Å². The molecule has 0 N–H and O–H groups in total. The highest BCUT2D eigenvalue weighted by Gasteiger charge is 2.20. The molecule has 5 rings (SSSR count). The van der Waals surface area contributed by atoms with Crippen LogP contribution in [0.5, 0.6) is 0 Å². The van der Waals surface area contributed by atoms with E-state index >= 15 is 0 Å². The Kier molecular flexibility index (Phi) is 3.22. The molecule has 0 aliphatic rings. The highest BCUT2D eigenvalue weighted by molar-refractivity contribution is 7.18. The van der Waals surface area contributed by atoms with E-state index < -0.39 is 0 Å². The third-order valence-electron chi connectivity index (χ3n) is 4.59. The van der Waals surface area contributed by atoms with Crippen LogP contribution in [0, 0.1) is 0 Å². The largest absolute Gasteiger partial charge is 0.455 e. The van der Waals surface area contributed by atoms with Crippen LogP contribution in [-0.4, -0.2) is 9.97 Å². The lowest BCUT2D eigenvalue weighted by atomic mass is 9.98. The van der Waals surface area contributed by atoms with Gasteiger partial charge in [-0.25, -0.2) is 4.98 Å². The minimum Gasteiger partial charge on any atom is -0.455 e. The number of hydrogen-bond acceptors (Lipinski definition) is 4. The molecular weight excluding hydrogens is 340 g/mol. The molecule has 0 saturated carbocycles. The lowest BCUT2D eigenvalue weighted by molar-refractivity contribution is 0.587. The number of hydrogen-bond donors (Lipinski definition) is 0. The topological polar surface area (TPSA) is 38.9 Å². The Bertz CT molecular complexity index is 1260. The Hall–Kier alpha value is -2.72. The second kappa shape index (κ2) is 5.39. The van der Waals surface area contributed by atoms with E-state index in [-0.39, 0.29) is 5.41 Å². The van der Waals surface area contributed by atoms with Gasteiger partial charge < -0.3 is 4.42 Å². The summed E-state index contributed by atoms with van der Waals surface area (Å²) in [4.78, 5) is 9.31. The van der Waals surface area contributed by atoms with Crippen LogP contribution in [-0.2, 0) is 5.41 Å². The lowest BCUT2D eigenvalue weighted by Crippen LogP contribution is -2.09. The summed E-state index contributed by atoms with van der Waals surface area (Å²) in [6.07, 6.45) is 1.81. The molecule has 128 valence electrons. The standard InChI is InChI=1S/C22H18N2OS/c1-22(2,3)21-24-17-12-18-15(11-19(17)26-21)13-7-6-8-14(20(13)25-18)16-9-4-5-10-23-16/h4-12H,1-3H3. The SMILES string of the molecule is CC(C)(C)c1nc2cc3oc4c(-c5ccccn5)cccc4c3cc2s1. The van der Waals surface area contributed by atoms with Gasteiger partial charge in [0.2, 0.25) is 0 Å². The number of pyridine rings is 1. The van der Waals surface area contributed by atoms with Crippen molar-refractivity contribution in [3.63, 3.8) is 0 Å². The summed E-state index contributed by atoms with van der Waals surface area (Å²) in [6.45, 7) is 6.59. The van der Waals surface area contributed by atoms with Crippen molar-refractivity contribution in [3.05, 3.63) is 59.7 Å². The average Bonchev–Trinajstić information content (AvgIpc) is 3.20. The van der Waals surface area contributed by atoms with Gasteiger partial charge in [0.15, 0.2) is 0 Å². The van der Waals surface area contributed by atoms with Gasteiger partial charge in [-0.3, -0.25) is 4.98 Å². The fourth-order valence-electron chi connectivity index (χ4n) is 3.26. The molecule has 0 saturated heterocycles. The van der Waals surface area contributed by atoms with Crippen molar-refractivity contribution in [2.75, 3.05) is 0 Å². The van der Waals surface area contributed by atoms with Crippen LogP contribution < -0.4 is 0 Å². The van der Waals surface area contributed by atoms with Crippen LogP contribution in [0.3, 0.4) is 0 Å². The predicted molar refractivity (Wildman–Crippen MR) is 109 cm³/mol. The number of para-hydroxylation sites is 1. The molecule has 0 aliphatic heterocycles. The van der Waals surface area contributed by atoms with Gasteiger partial charge in [0.25, 0.3) is 0 Å². The Morgan fingerprint density at radius 1 is 0.962 bits per heavy atom. The minimum absolute atomic E-state index is 0.0546. The van der Waals surface area contributed by atoms with Gasteiger partial charge in [-0.05, 0) is 24.3 Å². The molecule has 0 bridgehead atoms. The van der Waals surface area contributed by atoms with Crippen LogP contribution >= 0.6 is 11.3 Å². The summed E-state index contributed by atoms with van der Waals surface area (Å²) in [5.74, 6) is 0.